The lowest BCUT2D eigenvalue weighted by molar-refractivity contribution is -0.379. The van der Waals surface area contributed by atoms with Crippen molar-refractivity contribution in [3.63, 3.8) is 0 Å². The van der Waals surface area contributed by atoms with Crippen molar-refractivity contribution in [3.8, 4) is 6.07 Å². The van der Waals surface area contributed by atoms with Crippen LogP contribution in [0.2, 0.25) is 0 Å². The lowest BCUT2D eigenvalue weighted by atomic mass is 9.87. The minimum absolute atomic E-state index is 0.206. The van der Waals surface area contributed by atoms with Crippen LogP contribution in [0.4, 0.5) is 5.82 Å². The molecule has 0 saturated carbocycles. The van der Waals surface area contributed by atoms with Crippen LogP contribution in [0.25, 0.3) is 0 Å². The number of unbranched alkanes of at least 4 members (excludes halogenated alkanes) is 1. The van der Waals surface area contributed by atoms with Crippen LogP contribution in [0.15, 0.2) is 0 Å². The summed E-state index contributed by atoms with van der Waals surface area (Å²) >= 11 is 0. The van der Waals surface area contributed by atoms with Crippen molar-refractivity contribution in [3.05, 3.63) is 22.4 Å². The van der Waals surface area contributed by atoms with E-state index >= 15 is 0 Å². The lowest BCUT2D eigenvalue weighted by Gasteiger charge is -2.35. The van der Waals surface area contributed by atoms with Crippen molar-refractivity contribution in [2.75, 3.05) is 31.1 Å². The first-order valence-electron chi connectivity index (χ1n) is 10.6. The highest BCUT2D eigenvalue weighted by molar-refractivity contribution is 5.76. The number of H-pyrrole nitrogens is 1. The summed E-state index contributed by atoms with van der Waals surface area (Å²) in [6.07, 6.45) is 4.50. The Hall–Kier alpha value is -2.13. The molecule has 28 heavy (non-hydrogen) atoms. The number of hydrogen-bond donors (Lipinski definition) is 0. The third kappa shape index (κ3) is 4.15. The fraction of sp³-hybridized carbons (Fsp3) is 0.682. The van der Waals surface area contributed by atoms with Crippen molar-refractivity contribution in [1.82, 2.24) is 4.90 Å². The molecule has 2 aliphatic heterocycles. The smallest absolute Gasteiger partial charge is 0.293 e. The quantitative estimate of drug-likeness (QED) is 0.781. The number of carbonyl (C=O) groups excluding carboxylic acids is 1. The summed E-state index contributed by atoms with van der Waals surface area (Å²) in [7, 11) is 0. The monoisotopic (exact) mass is 385 g/mol. The predicted molar refractivity (Wildman–Crippen MR) is 108 cm³/mol. The van der Waals surface area contributed by atoms with E-state index in [1.165, 1.54) is 11.3 Å². The number of ether oxygens (including phenoxy) is 1. The van der Waals surface area contributed by atoms with Gasteiger partial charge in [0.15, 0.2) is 0 Å². The molecule has 0 radical (unpaired) electrons. The maximum Gasteiger partial charge on any atom is 0.293 e. The summed E-state index contributed by atoms with van der Waals surface area (Å²) in [5, 5.41) is 10.0. The van der Waals surface area contributed by atoms with Gasteiger partial charge >= 0.3 is 0 Å². The van der Waals surface area contributed by atoms with Gasteiger partial charge in [0.1, 0.15) is 30.4 Å². The Kier molecular flexibility index (Phi) is 6.24. The number of fused-ring (bicyclic) bond motifs is 1. The molecule has 6 nitrogen and oxygen atoms in total. The number of hydrogen-bond acceptors (Lipinski definition) is 4. The number of anilines is 1. The topological polar surface area (TPSA) is 70.7 Å². The second kappa shape index (κ2) is 8.48. The molecule has 0 spiro atoms. The molecule has 0 aromatic carbocycles. The molecule has 152 valence electrons. The number of carbonyl (C=O) groups is 1. The number of piperazine rings is 1. The fourth-order valence-corrected chi connectivity index (χ4v) is 4.20. The molecule has 6 heteroatoms. The van der Waals surface area contributed by atoms with E-state index in [1.807, 2.05) is 11.8 Å². The van der Waals surface area contributed by atoms with Crippen LogP contribution < -0.4 is 9.88 Å². The Morgan fingerprint density at radius 3 is 2.54 bits per heavy atom. The summed E-state index contributed by atoms with van der Waals surface area (Å²) < 4.78 is 6.06. The minimum atomic E-state index is -0.258. The standard InChI is InChI=1S/C22H32N4O2/c1-5-7-8-19-18-15-28-22(3,4)13-16(18)17(14-23)21(24-19)26-11-9-25(10-12-26)20(27)6-2/h5-13,15H2,1-4H3/p+1. The van der Waals surface area contributed by atoms with E-state index in [0.717, 1.165) is 55.7 Å². The van der Waals surface area contributed by atoms with Gasteiger partial charge in [0.2, 0.25) is 5.91 Å². The van der Waals surface area contributed by atoms with E-state index in [4.69, 9.17) is 4.74 Å². The van der Waals surface area contributed by atoms with E-state index in [2.05, 4.69) is 36.7 Å². The fourth-order valence-electron chi connectivity index (χ4n) is 4.20. The molecule has 1 N–H and O–H groups in total. The number of nitrogens with zero attached hydrogens (tertiary/aromatic N) is 3. The summed E-state index contributed by atoms with van der Waals surface area (Å²) in [5.41, 5.74) is 4.01. The maximum absolute atomic E-state index is 12.0. The van der Waals surface area contributed by atoms with Gasteiger partial charge in [-0.1, -0.05) is 20.3 Å². The van der Waals surface area contributed by atoms with Gasteiger partial charge < -0.3 is 9.64 Å². The average molecular weight is 386 g/mol. The van der Waals surface area contributed by atoms with Crippen LogP contribution >= 0.6 is 0 Å². The predicted octanol–water partition coefficient (Wildman–Crippen LogP) is 2.62. The molecule has 1 saturated heterocycles. The molecule has 1 aromatic heterocycles. The van der Waals surface area contributed by atoms with Crippen molar-refractivity contribution in [2.24, 2.45) is 0 Å². The van der Waals surface area contributed by atoms with Gasteiger partial charge in [0.25, 0.3) is 5.82 Å². The number of nitriles is 1. The normalized spacial score (nSPS) is 18.5. The third-order valence-electron chi connectivity index (χ3n) is 5.89. The molecule has 0 bridgehead atoms. The van der Waals surface area contributed by atoms with Gasteiger partial charge in [0.05, 0.1) is 25.3 Å². The van der Waals surface area contributed by atoms with Crippen molar-refractivity contribution >= 4 is 11.7 Å². The van der Waals surface area contributed by atoms with E-state index in [1.54, 1.807) is 0 Å². The summed E-state index contributed by atoms with van der Waals surface area (Å²) in [6, 6.07) is 2.48. The number of aryl methyl sites for hydroxylation is 1. The van der Waals surface area contributed by atoms with Crippen molar-refractivity contribution in [2.45, 2.75) is 72.0 Å². The van der Waals surface area contributed by atoms with Gasteiger partial charge in [-0.2, -0.15) is 5.26 Å². The molecule has 0 aliphatic carbocycles. The molecule has 1 amide bonds. The molecule has 3 heterocycles. The molecule has 0 unspecified atom stereocenters. The van der Waals surface area contributed by atoms with Gasteiger partial charge in [-0.15, -0.1) is 0 Å². The Bertz CT molecular complexity index is 774. The van der Waals surface area contributed by atoms with E-state index < -0.39 is 0 Å². The maximum atomic E-state index is 12.0. The summed E-state index contributed by atoms with van der Waals surface area (Å²) in [4.78, 5) is 19.8. The number of rotatable bonds is 5. The van der Waals surface area contributed by atoms with Crippen LogP contribution in [0.1, 0.15) is 69.3 Å². The zero-order valence-corrected chi connectivity index (χ0v) is 17.7. The second-order valence-corrected chi connectivity index (χ2v) is 8.45. The van der Waals surface area contributed by atoms with Crippen LogP contribution in [-0.4, -0.2) is 42.6 Å². The van der Waals surface area contributed by atoms with Crippen LogP contribution in [-0.2, 0) is 29.0 Å². The average Bonchev–Trinajstić information content (AvgIpc) is 2.70. The molecule has 2 aliphatic rings. The molecule has 1 aromatic rings. The van der Waals surface area contributed by atoms with Crippen molar-refractivity contribution < 1.29 is 14.5 Å². The number of nitrogens with one attached hydrogen (secondary N) is 1. The second-order valence-electron chi connectivity index (χ2n) is 8.45. The molecular weight excluding hydrogens is 352 g/mol. The van der Waals surface area contributed by atoms with Crippen LogP contribution in [0, 0.1) is 11.3 Å². The highest BCUT2D eigenvalue weighted by atomic mass is 16.5. The minimum Gasteiger partial charge on any atom is -0.370 e. The first-order chi connectivity index (χ1) is 13.4. The molecule has 3 rings (SSSR count). The number of aromatic nitrogens is 1. The van der Waals surface area contributed by atoms with Gasteiger partial charge in [-0.3, -0.25) is 9.69 Å². The molecule has 1 fully saturated rings. The number of aromatic amines is 1. The Morgan fingerprint density at radius 2 is 1.93 bits per heavy atom. The SMILES string of the molecule is CCCCc1[nH+]c(N2CCN(C(=O)CC)CC2)c(C#N)c2c1COC(C)(C)C2. The largest absolute Gasteiger partial charge is 0.370 e. The highest BCUT2D eigenvalue weighted by Crippen LogP contribution is 2.34. The van der Waals surface area contributed by atoms with Crippen molar-refractivity contribution in [1.29, 1.82) is 5.26 Å². The van der Waals surface area contributed by atoms with Gasteiger partial charge in [0, 0.05) is 24.8 Å². The van der Waals surface area contributed by atoms with E-state index in [-0.39, 0.29) is 11.5 Å². The summed E-state index contributed by atoms with van der Waals surface area (Å²) in [6.45, 7) is 11.8. The Morgan fingerprint density at radius 1 is 1.21 bits per heavy atom. The van der Waals surface area contributed by atoms with Gasteiger partial charge in [-0.05, 0) is 25.8 Å². The van der Waals surface area contributed by atoms with Crippen LogP contribution in [0.3, 0.4) is 0 Å². The third-order valence-corrected chi connectivity index (χ3v) is 5.89. The highest BCUT2D eigenvalue weighted by Gasteiger charge is 2.36. The zero-order valence-electron chi connectivity index (χ0n) is 17.7. The van der Waals surface area contributed by atoms with Crippen LogP contribution in [0.5, 0.6) is 0 Å². The molecule has 0 atom stereocenters. The first kappa shape index (κ1) is 20.6. The van der Waals surface area contributed by atoms with E-state index in [9.17, 15) is 10.1 Å². The Labute approximate surface area is 168 Å². The Balaban J connectivity index is 1.97. The van der Waals surface area contributed by atoms with Gasteiger partial charge in [-0.25, -0.2) is 4.98 Å². The lowest BCUT2D eigenvalue weighted by Crippen LogP contribution is -2.50. The first-order valence-corrected chi connectivity index (χ1v) is 10.6. The number of amides is 1. The van der Waals surface area contributed by atoms with E-state index in [0.29, 0.717) is 26.1 Å². The summed E-state index contributed by atoms with van der Waals surface area (Å²) in [5.74, 6) is 1.13. The zero-order chi connectivity index (χ0) is 20.3. The number of pyridine rings is 1. The molecular formula is C22H33N4O2+.